The molecule has 3 rings (SSSR count). The zero-order valence-electron chi connectivity index (χ0n) is 23.2. The summed E-state index contributed by atoms with van der Waals surface area (Å²) in [5.74, 6) is 2.50. The molecule has 0 bridgehead atoms. The van der Waals surface area contributed by atoms with E-state index < -0.39 is 0 Å². The highest BCUT2D eigenvalue weighted by Gasteiger charge is 2.10. The average molecular weight is 515 g/mol. The Morgan fingerprint density at radius 1 is 0.711 bits per heavy atom. The fourth-order valence-electron chi connectivity index (χ4n) is 3.98. The van der Waals surface area contributed by atoms with Gasteiger partial charge in [0, 0.05) is 0 Å². The van der Waals surface area contributed by atoms with Crippen LogP contribution in [-0.2, 0) is 0 Å². The van der Waals surface area contributed by atoms with Crippen molar-refractivity contribution in [3.05, 3.63) is 90.5 Å². The van der Waals surface area contributed by atoms with E-state index in [-0.39, 0.29) is 5.97 Å². The molecule has 0 saturated carbocycles. The lowest BCUT2D eigenvalue weighted by molar-refractivity contribution is 0.0734. The summed E-state index contributed by atoms with van der Waals surface area (Å²) in [6, 6.07) is 22.8. The van der Waals surface area contributed by atoms with Gasteiger partial charge in [0.2, 0.25) is 0 Å². The smallest absolute Gasteiger partial charge is 0.343 e. The van der Waals surface area contributed by atoms with Crippen molar-refractivity contribution in [1.29, 1.82) is 0 Å². The molecule has 0 radical (unpaired) electrons. The lowest BCUT2D eigenvalue weighted by Gasteiger charge is -2.10. The maximum Gasteiger partial charge on any atom is 0.343 e. The molecule has 0 unspecified atom stereocenters. The van der Waals surface area contributed by atoms with E-state index in [0.717, 1.165) is 73.7 Å². The standard InChI is InChI=1S/C34H42O4/c1-4-6-7-8-9-10-25-36-31-19-13-28(14-20-31)29-15-23-33(24-16-29)38-34(35)30-17-21-32(22-18-30)37-26-11-12-27(3)5-2/h6-7,13-24,27H,4-5,8-12,25-26H2,1-3H3/b7-6-/t27-/m0/s1. The molecule has 38 heavy (non-hydrogen) atoms. The Hall–Kier alpha value is -3.53. The van der Waals surface area contributed by atoms with E-state index in [1.165, 1.54) is 6.42 Å². The second-order valence-corrected chi connectivity index (χ2v) is 9.69. The topological polar surface area (TPSA) is 44.8 Å². The van der Waals surface area contributed by atoms with E-state index in [0.29, 0.717) is 17.9 Å². The van der Waals surface area contributed by atoms with Gasteiger partial charge in [0.15, 0.2) is 0 Å². The third-order valence-corrected chi connectivity index (χ3v) is 6.59. The van der Waals surface area contributed by atoms with Crippen LogP contribution in [0.3, 0.4) is 0 Å². The van der Waals surface area contributed by atoms with E-state index >= 15 is 0 Å². The largest absolute Gasteiger partial charge is 0.494 e. The average Bonchev–Trinajstić information content (AvgIpc) is 2.96. The van der Waals surface area contributed by atoms with Crippen LogP contribution in [-0.4, -0.2) is 19.2 Å². The van der Waals surface area contributed by atoms with Crippen LogP contribution in [0.15, 0.2) is 84.9 Å². The second-order valence-electron chi connectivity index (χ2n) is 9.69. The van der Waals surface area contributed by atoms with E-state index in [9.17, 15) is 4.79 Å². The number of allylic oxidation sites excluding steroid dienone is 2. The van der Waals surface area contributed by atoms with E-state index in [1.54, 1.807) is 12.1 Å². The van der Waals surface area contributed by atoms with Crippen LogP contribution in [0.4, 0.5) is 0 Å². The Bertz CT molecular complexity index is 1100. The van der Waals surface area contributed by atoms with Gasteiger partial charge in [0.05, 0.1) is 18.8 Å². The number of ether oxygens (including phenoxy) is 3. The SMILES string of the molecule is CC/C=C\CCCCOc1ccc(-c2ccc(OC(=O)c3ccc(OCCC[C@@H](C)CC)cc3)cc2)cc1. The van der Waals surface area contributed by atoms with E-state index in [4.69, 9.17) is 14.2 Å². The summed E-state index contributed by atoms with van der Waals surface area (Å²) in [5, 5.41) is 0. The van der Waals surface area contributed by atoms with Gasteiger partial charge in [-0.05, 0) is 104 Å². The quantitative estimate of drug-likeness (QED) is 0.0827. The fourth-order valence-corrected chi connectivity index (χ4v) is 3.98. The van der Waals surface area contributed by atoms with Crippen LogP contribution in [0.1, 0.15) is 76.1 Å². The molecule has 4 heteroatoms. The third-order valence-electron chi connectivity index (χ3n) is 6.59. The van der Waals surface area contributed by atoms with Crippen LogP contribution < -0.4 is 14.2 Å². The van der Waals surface area contributed by atoms with Crippen LogP contribution in [0.5, 0.6) is 17.2 Å². The summed E-state index contributed by atoms with van der Waals surface area (Å²) in [4.78, 5) is 12.6. The molecule has 0 fully saturated rings. The summed E-state index contributed by atoms with van der Waals surface area (Å²) < 4.78 is 17.2. The summed E-state index contributed by atoms with van der Waals surface area (Å²) in [5.41, 5.74) is 2.63. The molecular formula is C34H42O4. The van der Waals surface area contributed by atoms with Crippen LogP contribution in [0, 0.1) is 5.92 Å². The molecule has 0 aliphatic carbocycles. The number of unbranched alkanes of at least 4 members (excludes halogenated alkanes) is 2. The van der Waals surface area contributed by atoms with Crippen molar-refractivity contribution in [2.45, 2.75) is 65.7 Å². The summed E-state index contributed by atoms with van der Waals surface area (Å²) in [7, 11) is 0. The Labute approximate surface area is 228 Å². The Morgan fingerprint density at radius 2 is 1.26 bits per heavy atom. The minimum Gasteiger partial charge on any atom is -0.494 e. The van der Waals surface area contributed by atoms with Gasteiger partial charge in [-0.1, -0.05) is 63.6 Å². The van der Waals surface area contributed by atoms with Gasteiger partial charge >= 0.3 is 5.97 Å². The zero-order valence-corrected chi connectivity index (χ0v) is 23.2. The first kappa shape index (κ1) is 29.0. The third kappa shape index (κ3) is 10.1. The first-order chi connectivity index (χ1) is 18.6. The molecule has 0 saturated heterocycles. The predicted molar refractivity (Wildman–Crippen MR) is 156 cm³/mol. The normalized spacial score (nSPS) is 11.9. The molecule has 0 N–H and O–H groups in total. The number of hydrogen-bond acceptors (Lipinski definition) is 4. The van der Waals surface area contributed by atoms with Crippen molar-refractivity contribution in [2.24, 2.45) is 5.92 Å². The number of carbonyl (C=O) groups excluding carboxylic acids is 1. The second kappa shape index (κ2) is 16.3. The lowest BCUT2D eigenvalue weighted by atomic mass is 10.0. The highest BCUT2D eigenvalue weighted by molar-refractivity contribution is 5.91. The summed E-state index contributed by atoms with van der Waals surface area (Å²) in [6.07, 6.45) is 12.2. The summed E-state index contributed by atoms with van der Waals surface area (Å²) >= 11 is 0. The van der Waals surface area contributed by atoms with Gasteiger partial charge in [-0.25, -0.2) is 4.79 Å². The molecule has 0 aromatic heterocycles. The number of rotatable bonds is 16. The molecule has 0 amide bonds. The van der Waals surface area contributed by atoms with Crippen molar-refractivity contribution < 1.29 is 19.0 Å². The first-order valence-electron chi connectivity index (χ1n) is 14.0. The Kier molecular flexibility index (Phi) is 12.5. The molecule has 202 valence electrons. The van der Waals surface area contributed by atoms with Gasteiger partial charge in [-0.15, -0.1) is 0 Å². The molecule has 0 aliphatic rings. The molecule has 1 atom stereocenters. The lowest BCUT2D eigenvalue weighted by Crippen LogP contribution is -2.08. The highest BCUT2D eigenvalue weighted by Crippen LogP contribution is 2.25. The van der Waals surface area contributed by atoms with E-state index in [2.05, 4.69) is 32.9 Å². The van der Waals surface area contributed by atoms with Crippen molar-refractivity contribution in [3.8, 4) is 28.4 Å². The molecule has 0 spiro atoms. The molecule has 0 aliphatic heterocycles. The van der Waals surface area contributed by atoms with Crippen LogP contribution in [0.25, 0.3) is 11.1 Å². The fraction of sp³-hybridized carbons (Fsp3) is 0.382. The van der Waals surface area contributed by atoms with Crippen molar-refractivity contribution in [1.82, 2.24) is 0 Å². The number of benzene rings is 3. The maximum absolute atomic E-state index is 12.6. The first-order valence-corrected chi connectivity index (χ1v) is 14.0. The molecule has 4 nitrogen and oxygen atoms in total. The Balaban J connectivity index is 1.43. The van der Waals surface area contributed by atoms with Gasteiger partial charge in [0.1, 0.15) is 17.2 Å². The van der Waals surface area contributed by atoms with Gasteiger partial charge in [-0.3, -0.25) is 0 Å². The van der Waals surface area contributed by atoms with Crippen LogP contribution >= 0.6 is 0 Å². The van der Waals surface area contributed by atoms with Crippen LogP contribution in [0.2, 0.25) is 0 Å². The van der Waals surface area contributed by atoms with Gasteiger partial charge < -0.3 is 14.2 Å². The maximum atomic E-state index is 12.6. The minimum atomic E-state index is -0.385. The summed E-state index contributed by atoms with van der Waals surface area (Å²) in [6.45, 7) is 8.04. The monoisotopic (exact) mass is 514 g/mol. The molecular weight excluding hydrogens is 472 g/mol. The van der Waals surface area contributed by atoms with E-state index in [1.807, 2.05) is 60.7 Å². The highest BCUT2D eigenvalue weighted by atomic mass is 16.5. The Morgan fingerprint density at radius 3 is 1.84 bits per heavy atom. The van der Waals surface area contributed by atoms with Crippen molar-refractivity contribution in [2.75, 3.05) is 13.2 Å². The molecule has 0 heterocycles. The zero-order chi connectivity index (χ0) is 27.0. The number of hydrogen-bond donors (Lipinski definition) is 0. The van der Waals surface area contributed by atoms with Gasteiger partial charge in [-0.2, -0.15) is 0 Å². The van der Waals surface area contributed by atoms with Crippen molar-refractivity contribution in [3.63, 3.8) is 0 Å². The molecule has 3 aromatic rings. The predicted octanol–water partition coefficient (Wildman–Crippen LogP) is 9.29. The van der Waals surface area contributed by atoms with Crippen molar-refractivity contribution >= 4 is 5.97 Å². The van der Waals surface area contributed by atoms with Gasteiger partial charge in [0.25, 0.3) is 0 Å². The minimum absolute atomic E-state index is 0.385. The number of esters is 1. The molecule has 3 aromatic carbocycles. The number of carbonyl (C=O) groups is 1.